The summed E-state index contributed by atoms with van der Waals surface area (Å²) in [7, 11) is 0. The molecule has 0 radical (unpaired) electrons. The lowest BCUT2D eigenvalue weighted by molar-refractivity contribution is -0.103. The number of hydrogen-bond acceptors (Lipinski definition) is 3. The van der Waals surface area contributed by atoms with Crippen molar-refractivity contribution in [3.05, 3.63) is 23.4 Å². The molecule has 3 heteroatoms. The van der Waals surface area contributed by atoms with Crippen LogP contribution < -0.4 is 5.73 Å². The monoisotopic (exact) mass is 234 g/mol. The maximum Gasteiger partial charge on any atom is 0.129 e. The van der Waals surface area contributed by atoms with E-state index in [0.29, 0.717) is 5.82 Å². The zero-order valence-electron chi connectivity index (χ0n) is 11.0. The number of anilines is 1. The highest BCUT2D eigenvalue weighted by Crippen LogP contribution is 2.51. The molecule has 1 saturated carbocycles. The van der Waals surface area contributed by atoms with Gasteiger partial charge in [0.05, 0.1) is 5.60 Å². The number of nitrogens with two attached hydrogens (primary N) is 1. The van der Waals surface area contributed by atoms with Crippen molar-refractivity contribution in [1.29, 1.82) is 0 Å². The van der Waals surface area contributed by atoms with Crippen molar-refractivity contribution in [2.45, 2.75) is 52.1 Å². The summed E-state index contributed by atoms with van der Waals surface area (Å²) in [5, 5.41) is 11.1. The number of nitrogens with zero attached hydrogens (tertiary/aromatic N) is 1. The van der Waals surface area contributed by atoms with Crippen LogP contribution in [-0.2, 0) is 5.60 Å². The molecule has 1 fully saturated rings. The van der Waals surface area contributed by atoms with Crippen LogP contribution in [0.1, 0.15) is 50.7 Å². The fourth-order valence-electron chi connectivity index (χ4n) is 2.90. The van der Waals surface area contributed by atoms with E-state index >= 15 is 0 Å². The Bertz CT molecular complexity index is 428. The molecule has 0 bridgehead atoms. The van der Waals surface area contributed by atoms with Crippen molar-refractivity contribution < 1.29 is 5.11 Å². The Kier molecular flexibility index (Phi) is 2.90. The molecule has 2 rings (SSSR count). The van der Waals surface area contributed by atoms with E-state index < -0.39 is 5.60 Å². The van der Waals surface area contributed by atoms with Gasteiger partial charge in [0.2, 0.25) is 0 Å². The molecule has 0 aromatic carbocycles. The standard InChI is InChI=1S/C14H22N2O/c1-10-8-11(12(15)16-9-10)14(17)7-5-4-6-13(14,2)3/h8-9,17H,4-7H2,1-3H3,(H2,15,16). The van der Waals surface area contributed by atoms with E-state index in [1.165, 1.54) is 6.42 Å². The zero-order valence-corrected chi connectivity index (χ0v) is 11.0. The summed E-state index contributed by atoms with van der Waals surface area (Å²) in [6.45, 7) is 6.22. The molecule has 94 valence electrons. The molecule has 0 spiro atoms. The van der Waals surface area contributed by atoms with Crippen LogP contribution >= 0.6 is 0 Å². The largest absolute Gasteiger partial charge is 0.384 e. The van der Waals surface area contributed by atoms with E-state index in [0.717, 1.165) is 30.4 Å². The SMILES string of the molecule is Cc1cnc(N)c(C2(O)CCCCC2(C)C)c1. The van der Waals surface area contributed by atoms with Crippen molar-refractivity contribution in [3.8, 4) is 0 Å². The van der Waals surface area contributed by atoms with E-state index in [2.05, 4.69) is 18.8 Å². The molecule has 1 aliphatic carbocycles. The molecule has 1 atom stereocenters. The zero-order chi connectivity index (χ0) is 12.7. The molecule has 0 amide bonds. The molecule has 3 N–H and O–H groups in total. The number of nitrogen functional groups attached to an aromatic ring is 1. The van der Waals surface area contributed by atoms with Gasteiger partial charge in [-0.2, -0.15) is 0 Å². The molecule has 17 heavy (non-hydrogen) atoms. The topological polar surface area (TPSA) is 59.1 Å². The lowest BCUT2D eigenvalue weighted by Gasteiger charge is -2.47. The number of hydrogen-bond donors (Lipinski definition) is 2. The van der Waals surface area contributed by atoms with Gasteiger partial charge in [0, 0.05) is 11.8 Å². The highest BCUT2D eigenvalue weighted by atomic mass is 16.3. The smallest absolute Gasteiger partial charge is 0.129 e. The summed E-state index contributed by atoms with van der Waals surface area (Å²) >= 11 is 0. The van der Waals surface area contributed by atoms with Crippen LogP contribution in [0.2, 0.25) is 0 Å². The number of aryl methyl sites for hydroxylation is 1. The highest BCUT2D eigenvalue weighted by Gasteiger charge is 2.47. The van der Waals surface area contributed by atoms with Crippen LogP contribution in [0.15, 0.2) is 12.3 Å². The van der Waals surface area contributed by atoms with Gasteiger partial charge in [-0.05, 0) is 36.8 Å². The molecule has 3 nitrogen and oxygen atoms in total. The predicted octanol–water partition coefficient (Wildman–Crippen LogP) is 2.76. The van der Waals surface area contributed by atoms with Gasteiger partial charge < -0.3 is 10.8 Å². The second-order valence-electron chi connectivity index (χ2n) is 5.90. The summed E-state index contributed by atoms with van der Waals surface area (Å²) in [5.41, 5.74) is 6.83. The van der Waals surface area contributed by atoms with Crippen LogP contribution in [0.5, 0.6) is 0 Å². The van der Waals surface area contributed by atoms with Crippen molar-refractivity contribution in [2.75, 3.05) is 5.73 Å². The van der Waals surface area contributed by atoms with E-state index in [1.807, 2.05) is 13.0 Å². The van der Waals surface area contributed by atoms with Gasteiger partial charge in [-0.15, -0.1) is 0 Å². The predicted molar refractivity (Wildman–Crippen MR) is 69.5 cm³/mol. The van der Waals surface area contributed by atoms with E-state index in [-0.39, 0.29) is 5.41 Å². The molecule has 1 aromatic heterocycles. The molecular weight excluding hydrogens is 212 g/mol. The molecule has 0 aliphatic heterocycles. The van der Waals surface area contributed by atoms with Crippen molar-refractivity contribution in [1.82, 2.24) is 4.98 Å². The minimum absolute atomic E-state index is 0.144. The van der Waals surface area contributed by atoms with E-state index in [9.17, 15) is 5.11 Å². The van der Waals surface area contributed by atoms with Crippen LogP contribution in [0.3, 0.4) is 0 Å². The summed E-state index contributed by atoms with van der Waals surface area (Å²) in [6.07, 6.45) is 5.77. The van der Waals surface area contributed by atoms with E-state index in [1.54, 1.807) is 6.20 Å². The molecule has 1 aromatic rings. The van der Waals surface area contributed by atoms with E-state index in [4.69, 9.17) is 5.73 Å². The average molecular weight is 234 g/mol. The first kappa shape index (κ1) is 12.4. The molecule has 0 saturated heterocycles. The summed E-state index contributed by atoms with van der Waals surface area (Å²) in [4.78, 5) is 4.18. The number of rotatable bonds is 1. The fourth-order valence-corrected chi connectivity index (χ4v) is 2.90. The maximum atomic E-state index is 11.1. The minimum atomic E-state index is -0.839. The summed E-state index contributed by atoms with van der Waals surface area (Å²) < 4.78 is 0. The van der Waals surface area contributed by atoms with Crippen LogP contribution in [-0.4, -0.2) is 10.1 Å². The Hall–Kier alpha value is -1.09. The van der Waals surface area contributed by atoms with Gasteiger partial charge in [0.15, 0.2) is 0 Å². The average Bonchev–Trinajstić information content (AvgIpc) is 2.26. The number of pyridine rings is 1. The second-order valence-corrected chi connectivity index (χ2v) is 5.90. The quantitative estimate of drug-likeness (QED) is 0.785. The molecule has 1 heterocycles. The van der Waals surface area contributed by atoms with Gasteiger partial charge in [0.25, 0.3) is 0 Å². The maximum absolute atomic E-state index is 11.1. The van der Waals surface area contributed by atoms with Gasteiger partial charge in [-0.25, -0.2) is 4.98 Å². The first-order valence-electron chi connectivity index (χ1n) is 6.32. The summed E-state index contributed by atoms with van der Waals surface area (Å²) in [5.74, 6) is 0.466. The molecule has 1 aliphatic rings. The Balaban J connectivity index is 2.52. The lowest BCUT2D eigenvalue weighted by Crippen LogP contribution is -2.45. The minimum Gasteiger partial charge on any atom is -0.384 e. The second kappa shape index (κ2) is 3.98. The Morgan fingerprint density at radius 1 is 1.29 bits per heavy atom. The van der Waals surface area contributed by atoms with Gasteiger partial charge in [-0.1, -0.05) is 26.7 Å². The Morgan fingerprint density at radius 2 is 1.94 bits per heavy atom. The number of aromatic nitrogens is 1. The van der Waals surface area contributed by atoms with Crippen molar-refractivity contribution in [2.24, 2.45) is 5.41 Å². The Labute approximate surface area is 103 Å². The van der Waals surface area contributed by atoms with Crippen molar-refractivity contribution >= 4 is 5.82 Å². The van der Waals surface area contributed by atoms with Crippen molar-refractivity contribution in [3.63, 3.8) is 0 Å². The van der Waals surface area contributed by atoms with Gasteiger partial charge >= 0.3 is 0 Å². The fraction of sp³-hybridized carbons (Fsp3) is 0.643. The van der Waals surface area contributed by atoms with Crippen LogP contribution in [0.4, 0.5) is 5.82 Å². The third-order valence-electron chi connectivity index (χ3n) is 4.21. The van der Waals surface area contributed by atoms with Crippen LogP contribution in [0.25, 0.3) is 0 Å². The lowest BCUT2D eigenvalue weighted by atomic mass is 9.62. The first-order chi connectivity index (χ1) is 7.87. The van der Waals surface area contributed by atoms with Gasteiger partial charge in [-0.3, -0.25) is 0 Å². The first-order valence-corrected chi connectivity index (χ1v) is 6.32. The molecular formula is C14H22N2O. The van der Waals surface area contributed by atoms with Gasteiger partial charge in [0.1, 0.15) is 5.82 Å². The third-order valence-corrected chi connectivity index (χ3v) is 4.21. The summed E-state index contributed by atoms with van der Waals surface area (Å²) in [6, 6.07) is 1.98. The highest BCUT2D eigenvalue weighted by molar-refractivity contribution is 5.46. The number of aliphatic hydroxyl groups is 1. The Morgan fingerprint density at radius 3 is 2.59 bits per heavy atom. The third kappa shape index (κ3) is 1.93. The normalized spacial score (nSPS) is 28.0. The van der Waals surface area contributed by atoms with Crippen LogP contribution in [0, 0.1) is 12.3 Å². The molecule has 1 unspecified atom stereocenters.